The van der Waals surface area contributed by atoms with Crippen molar-refractivity contribution >= 4 is 5.82 Å². The highest BCUT2D eigenvalue weighted by molar-refractivity contribution is 5.47. The van der Waals surface area contributed by atoms with Crippen LogP contribution in [-0.4, -0.2) is 40.5 Å². The molecule has 90 valence electrons. The summed E-state index contributed by atoms with van der Waals surface area (Å²) in [6.07, 6.45) is 5.73. The summed E-state index contributed by atoms with van der Waals surface area (Å²) in [6, 6.07) is 2.32. The molecule has 0 saturated carbocycles. The van der Waals surface area contributed by atoms with Crippen molar-refractivity contribution in [1.29, 1.82) is 5.26 Å². The second kappa shape index (κ2) is 5.60. The SMILES string of the molecule is CC(CN1CCCC1)Nc1nccnc1C#N. The first kappa shape index (κ1) is 11.8. The van der Waals surface area contributed by atoms with Crippen molar-refractivity contribution in [2.75, 3.05) is 25.0 Å². The standard InChI is InChI=1S/C12H17N5/c1-10(9-17-6-2-3-7-17)16-12-11(8-13)14-4-5-15-12/h4-5,10H,2-3,6-7,9H2,1H3,(H,15,16). The maximum atomic E-state index is 8.91. The van der Waals surface area contributed by atoms with E-state index in [1.807, 2.05) is 6.07 Å². The van der Waals surface area contributed by atoms with Gasteiger partial charge in [-0.1, -0.05) is 0 Å². The molecule has 1 atom stereocenters. The molecule has 1 aliphatic rings. The van der Waals surface area contributed by atoms with Gasteiger partial charge in [0.2, 0.25) is 0 Å². The van der Waals surface area contributed by atoms with Crippen LogP contribution in [0.2, 0.25) is 0 Å². The van der Waals surface area contributed by atoms with E-state index >= 15 is 0 Å². The van der Waals surface area contributed by atoms with E-state index in [1.165, 1.54) is 32.1 Å². The van der Waals surface area contributed by atoms with E-state index in [0.29, 0.717) is 11.5 Å². The van der Waals surface area contributed by atoms with Gasteiger partial charge >= 0.3 is 0 Å². The van der Waals surface area contributed by atoms with Gasteiger partial charge in [0.15, 0.2) is 11.5 Å². The average Bonchev–Trinajstić information content (AvgIpc) is 2.82. The molecule has 1 saturated heterocycles. The molecular weight excluding hydrogens is 214 g/mol. The van der Waals surface area contributed by atoms with Crippen molar-refractivity contribution in [1.82, 2.24) is 14.9 Å². The number of hydrogen-bond acceptors (Lipinski definition) is 5. The smallest absolute Gasteiger partial charge is 0.182 e. The minimum atomic E-state index is 0.275. The lowest BCUT2D eigenvalue weighted by Crippen LogP contribution is -2.33. The van der Waals surface area contributed by atoms with E-state index in [1.54, 1.807) is 6.20 Å². The molecule has 0 radical (unpaired) electrons. The van der Waals surface area contributed by atoms with Crippen LogP contribution < -0.4 is 5.32 Å². The third-order valence-electron chi connectivity index (χ3n) is 2.92. The van der Waals surface area contributed by atoms with E-state index in [0.717, 1.165) is 6.54 Å². The van der Waals surface area contributed by atoms with Gasteiger partial charge in [0.05, 0.1) is 0 Å². The first-order valence-corrected chi connectivity index (χ1v) is 5.99. The van der Waals surface area contributed by atoms with Crippen molar-refractivity contribution in [3.63, 3.8) is 0 Å². The lowest BCUT2D eigenvalue weighted by Gasteiger charge is -2.21. The minimum absolute atomic E-state index is 0.275. The molecule has 2 rings (SSSR count). The summed E-state index contributed by atoms with van der Waals surface area (Å²) in [7, 11) is 0. The molecular formula is C12H17N5. The lowest BCUT2D eigenvalue weighted by molar-refractivity contribution is 0.327. The predicted molar refractivity (Wildman–Crippen MR) is 65.5 cm³/mol. The third-order valence-corrected chi connectivity index (χ3v) is 2.92. The van der Waals surface area contributed by atoms with E-state index < -0.39 is 0 Å². The van der Waals surface area contributed by atoms with Gasteiger partial charge in [0.25, 0.3) is 0 Å². The Bertz CT molecular complexity index is 406. The molecule has 1 aromatic rings. The first-order chi connectivity index (χ1) is 8.29. The zero-order valence-electron chi connectivity index (χ0n) is 10.1. The summed E-state index contributed by atoms with van der Waals surface area (Å²) >= 11 is 0. The number of hydrogen-bond donors (Lipinski definition) is 1. The third kappa shape index (κ3) is 3.14. The molecule has 0 spiro atoms. The van der Waals surface area contributed by atoms with Gasteiger partial charge < -0.3 is 10.2 Å². The zero-order valence-corrected chi connectivity index (χ0v) is 10.1. The average molecular weight is 231 g/mol. The van der Waals surface area contributed by atoms with Crippen LogP contribution in [0.3, 0.4) is 0 Å². The Morgan fingerprint density at radius 2 is 2.12 bits per heavy atom. The zero-order chi connectivity index (χ0) is 12.1. The van der Waals surface area contributed by atoms with Gasteiger partial charge in [-0.3, -0.25) is 0 Å². The van der Waals surface area contributed by atoms with E-state index in [9.17, 15) is 0 Å². The van der Waals surface area contributed by atoms with Gasteiger partial charge in [0, 0.05) is 25.0 Å². The van der Waals surface area contributed by atoms with Crippen LogP contribution in [0, 0.1) is 11.3 Å². The Kier molecular flexibility index (Phi) is 3.89. The normalized spacial score (nSPS) is 17.6. The molecule has 0 bridgehead atoms. The van der Waals surface area contributed by atoms with Crippen LogP contribution in [0.25, 0.3) is 0 Å². The fourth-order valence-electron chi connectivity index (χ4n) is 2.16. The molecule has 0 aliphatic carbocycles. The molecule has 1 fully saturated rings. The van der Waals surface area contributed by atoms with Crippen LogP contribution in [0.1, 0.15) is 25.5 Å². The second-order valence-electron chi connectivity index (χ2n) is 4.42. The molecule has 1 unspecified atom stereocenters. The lowest BCUT2D eigenvalue weighted by atomic mass is 10.3. The van der Waals surface area contributed by atoms with Crippen LogP contribution >= 0.6 is 0 Å². The van der Waals surface area contributed by atoms with Crippen molar-refractivity contribution in [2.24, 2.45) is 0 Å². The Hall–Kier alpha value is -1.67. The molecule has 5 nitrogen and oxygen atoms in total. The predicted octanol–water partition coefficient (Wildman–Crippen LogP) is 1.24. The van der Waals surface area contributed by atoms with E-state index in [2.05, 4.69) is 27.1 Å². The fourth-order valence-corrected chi connectivity index (χ4v) is 2.16. The van der Waals surface area contributed by atoms with Crippen molar-refractivity contribution in [3.8, 4) is 6.07 Å². The molecule has 0 amide bonds. The largest absolute Gasteiger partial charge is 0.364 e. The number of nitrogens with one attached hydrogen (secondary N) is 1. The van der Waals surface area contributed by atoms with E-state index in [-0.39, 0.29) is 6.04 Å². The van der Waals surface area contributed by atoms with Crippen molar-refractivity contribution in [2.45, 2.75) is 25.8 Å². The van der Waals surface area contributed by atoms with Crippen LogP contribution in [0.15, 0.2) is 12.4 Å². The van der Waals surface area contributed by atoms with Gasteiger partial charge in [-0.05, 0) is 32.9 Å². The maximum Gasteiger partial charge on any atom is 0.182 e. The number of nitrogens with zero attached hydrogens (tertiary/aromatic N) is 4. The Balaban J connectivity index is 1.93. The summed E-state index contributed by atoms with van der Waals surface area (Å²) < 4.78 is 0. The summed E-state index contributed by atoms with van der Waals surface area (Å²) in [5.41, 5.74) is 0.362. The summed E-state index contributed by atoms with van der Waals surface area (Å²) in [4.78, 5) is 10.6. The first-order valence-electron chi connectivity index (χ1n) is 5.99. The van der Waals surface area contributed by atoms with Crippen molar-refractivity contribution in [3.05, 3.63) is 18.1 Å². The summed E-state index contributed by atoms with van der Waals surface area (Å²) in [5.74, 6) is 0.585. The number of likely N-dealkylation sites (tertiary alicyclic amines) is 1. The molecule has 17 heavy (non-hydrogen) atoms. The molecule has 1 N–H and O–H groups in total. The Labute approximate surface area is 101 Å². The van der Waals surface area contributed by atoms with Crippen molar-refractivity contribution < 1.29 is 0 Å². The maximum absolute atomic E-state index is 8.91. The molecule has 2 heterocycles. The van der Waals surface area contributed by atoms with Gasteiger partial charge in [-0.15, -0.1) is 0 Å². The molecule has 1 aliphatic heterocycles. The number of rotatable bonds is 4. The number of nitriles is 1. The van der Waals surface area contributed by atoms with Gasteiger partial charge in [-0.2, -0.15) is 5.26 Å². The van der Waals surface area contributed by atoms with E-state index in [4.69, 9.17) is 5.26 Å². The Morgan fingerprint density at radius 1 is 1.41 bits per heavy atom. The topological polar surface area (TPSA) is 64.8 Å². The summed E-state index contributed by atoms with van der Waals surface area (Å²) in [6.45, 7) is 5.45. The fraction of sp³-hybridized carbons (Fsp3) is 0.583. The van der Waals surface area contributed by atoms with Crippen LogP contribution in [0.5, 0.6) is 0 Å². The highest BCUT2D eigenvalue weighted by Gasteiger charge is 2.15. The number of anilines is 1. The number of aromatic nitrogens is 2. The molecule has 0 aromatic carbocycles. The Morgan fingerprint density at radius 3 is 2.82 bits per heavy atom. The second-order valence-corrected chi connectivity index (χ2v) is 4.42. The summed E-state index contributed by atoms with van der Waals surface area (Å²) in [5, 5.41) is 12.2. The minimum Gasteiger partial charge on any atom is -0.364 e. The molecule has 1 aromatic heterocycles. The monoisotopic (exact) mass is 231 g/mol. The van der Waals surface area contributed by atoms with Gasteiger partial charge in [-0.25, -0.2) is 9.97 Å². The van der Waals surface area contributed by atoms with Crippen LogP contribution in [-0.2, 0) is 0 Å². The van der Waals surface area contributed by atoms with Crippen LogP contribution in [0.4, 0.5) is 5.82 Å². The molecule has 5 heteroatoms. The quantitative estimate of drug-likeness (QED) is 0.844. The highest BCUT2D eigenvalue weighted by Crippen LogP contribution is 2.11. The van der Waals surface area contributed by atoms with Gasteiger partial charge in [0.1, 0.15) is 6.07 Å². The highest BCUT2D eigenvalue weighted by atomic mass is 15.2.